The van der Waals surface area contributed by atoms with Gasteiger partial charge in [0, 0.05) is 19.2 Å². The lowest BCUT2D eigenvalue weighted by Crippen LogP contribution is -2.42. The lowest BCUT2D eigenvalue weighted by molar-refractivity contribution is 0.0350. The van der Waals surface area contributed by atoms with Crippen LogP contribution in [-0.2, 0) is 0 Å². The van der Waals surface area contributed by atoms with E-state index in [4.69, 9.17) is 17.3 Å². The van der Waals surface area contributed by atoms with Crippen LogP contribution in [0.2, 0.25) is 5.15 Å². The number of piperidine rings is 1. The Bertz CT molecular complexity index is 366. The predicted molar refractivity (Wildman–Crippen MR) is 63.5 cm³/mol. The molecule has 1 aliphatic heterocycles. The van der Waals surface area contributed by atoms with Gasteiger partial charge < -0.3 is 15.7 Å². The third-order valence-electron chi connectivity index (χ3n) is 2.86. The molecule has 0 aliphatic carbocycles. The van der Waals surface area contributed by atoms with Gasteiger partial charge in [0.05, 0.1) is 5.60 Å². The molecule has 2 heterocycles. The normalized spacial score (nSPS) is 19.8. The van der Waals surface area contributed by atoms with Crippen molar-refractivity contribution in [3.8, 4) is 0 Å². The summed E-state index contributed by atoms with van der Waals surface area (Å²) in [6, 6.07) is 1.69. The zero-order valence-electron chi connectivity index (χ0n) is 9.15. The zero-order chi connectivity index (χ0) is 11.8. The van der Waals surface area contributed by atoms with E-state index < -0.39 is 5.60 Å². The average molecular weight is 243 g/mol. The Morgan fingerprint density at radius 3 is 2.62 bits per heavy atom. The van der Waals surface area contributed by atoms with Crippen molar-refractivity contribution in [3.63, 3.8) is 0 Å². The van der Waals surface area contributed by atoms with Crippen LogP contribution in [0.15, 0.2) is 6.07 Å². The van der Waals surface area contributed by atoms with Crippen LogP contribution in [0.25, 0.3) is 0 Å². The number of nitrogens with two attached hydrogens (primary N) is 1. The Hall–Kier alpha value is -1.07. The zero-order valence-corrected chi connectivity index (χ0v) is 9.91. The second-order valence-corrected chi connectivity index (χ2v) is 4.78. The highest BCUT2D eigenvalue weighted by Gasteiger charge is 2.28. The molecule has 1 saturated heterocycles. The van der Waals surface area contributed by atoms with E-state index in [-0.39, 0.29) is 5.95 Å². The van der Waals surface area contributed by atoms with Crippen molar-refractivity contribution in [1.82, 2.24) is 9.97 Å². The number of aromatic nitrogens is 2. The van der Waals surface area contributed by atoms with E-state index in [1.165, 1.54) is 0 Å². The van der Waals surface area contributed by atoms with Gasteiger partial charge >= 0.3 is 0 Å². The fourth-order valence-electron chi connectivity index (χ4n) is 1.80. The monoisotopic (exact) mass is 242 g/mol. The van der Waals surface area contributed by atoms with Crippen molar-refractivity contribution >= 4 is 23.4 Å². The first-order chi connectivity index (χ1) is 7.46. The van der Waals surface area contributed by atoms with Gasteiger partial charge in [0.2, 0.25) is 5.95 Å². The summed E-state index contributed by atoms with van der Waals surface area (Å²) >= 11 is 5.82. The molecule has 0 aromatic carbocycles. The number of rotatable bonds is 1. The first-order valence-electron chi connectivity index (χ1n) is 5.24. The molecule has 0 bridgehead atoms. The summed E-state index contributed by atoms with van der Waals surface area (Å²) in [5, 5.41) is 10.2. The van der Waals surface area contributed by atoms with E-state index in [1.54, 1.807) is 6.07 Å². The van der Waals surface area contributed by atoms with Crippen molar-refractivity contribution in [1.29, 1.82) is 0 Å². The van der Waals surface area contributed by atoms with Gasteiger partial charge in [0.25, 0.3) is 0 Å². The third kappa shape index (κ3) is 2.54. The number of nitrogens with zero attached hydrogens (tertiary/aromatic N) is 3. The van der Waals surface area contributed by atoms with E-state index >= 15 is 0 Å². The van der Waals surface area contributed by atoms with Crippen molar-refractivity contribution in [2.24, 2.45) is 0 Å². The molecule has 0 radical (unpaired) electrons. The SMILES string of the molecule is CC1(O)CCN(c2cc(Cl)nc(N)n2)CC1. The van der Waals surface area contributed by atoms with Crippen molar-refractivity contribution in [2.75, 3.05) is 23.7 Å². The molecule has 1 aliphatic rings. The van der Waals surface area contributed by atoms with Crippen LogP contribution >= 0.6 is 11.6 Å². The standard InChI is InChI=1S/C10H15ClN4O/c1-10(16)2-4-15(5-3-10)8-6-7(11)13-9(12)14-8/h6,16H,2-5H2,1H3,(H2,12,13,14). The lowest BCUT2D eigenvalue weighted by atomic mass is 9.94. The maximum absolute atomic E-state index is 9.84. The van der Waals surface area contributed by atoms with Gasteiger partial charge in [0.1, 0.15) is 11.0 Å². The van der Waals surface area contributed by atoms with Gasteiger partial charge in [-0.25, -0.2) is 4.98 Å². The third-order valence-corrected chi connectivity index (χ3v) is 3.06. The number of aliphatic hydroxyl groups is 1. The molecule has 0 atom stereocenters. The minimum Gasteiger partial charge on any atom is -0.390 e. The molecule has 1 aromatic heterocycles. The molecule has 2 rings (SSSR count). The molecule has 0 spiro atoms. The molecule has 88 valence electrons. The van der Waals surface area contributed by atoms with Crippen LogP contribution in [0.5, 0.6) is 0 Å². The highest BCUT2D eigenvalue weighted by molar-refractivity contribution is 6.29. The second-order valence-electron chi connectivity index (χ2n) is 4.39. The van der Waals surface area contributed by atoms with Crippen LogP contribution in [0.3, 0.4) is 0 Å². The number of hydrogen-bond donors (Lipinski definition) is 2. The summed E-state index contributed by atoms with van der Waals surface area (Å²) < 4.78 is 0. The molecule has 0 amide bonds. The number of halogens is 1. The quantitative estimate of drug-likeness (QED) is 0.721. The Balaban J connectivity index is 2.14. The van der Waals surface area contributed by atoms with Crippen LogP contribution < -0.4 is 10.6 Å². The molecule has 1 fully saturated rings. The largest absolute Gasteiger partial charge is 0.390 e. The summed E-state index contributed by atoms with van der Waals surface area (Å²) in [5.74, 6) is 0.910. The molecule has 1 aromatic rings. The summed E-state index contributed by atoms with van der Waals surface area (Å²) in [4.78, 5) is 10.0. The number of nitrogen functional groups attached to an aromatic ring is 1. The molecule has 0 unspecified atom stereocenters. The first-order valence-corrected chi connectivity index (χ1v) is 5.61. The fourth-order valence-corrected chi connectivity index (χ4v) is 1.99. The van der Waals surface area contributed by atoms with Crippen molar-refractivity contribution in [2.45, 2.75) is 25.4 Å². The van der Waals surface area contributed by atoms with E-state index in [0.717, 1.165) is 18.9 Å². The highest BCUT2D eigenvalue weighted by Crippen LogP contribution is 2.25. The molecule has 0 saturated carbocycles. The van der Waals surface area contributed by atoms with Crippen LogP contribution in [0, 0.1) is 0 Å². The minimum absolute atomic E-state index is 0.180. The number of hydrogen-bond acceptors (Lipinski definition) is 5. The Kier molecular flexibility index (Phi) is 2.90. The van der Waals surface area contributed by atoms with Gasteiger partial charge in [0.15, 0.2) is 0 Å². The fraction of sp³-hybridized carbons (Fsp3) is 0.600. The molecule has 5 nitrogen and oxygen atoms in total. The summed E-state index contributed by atoms with van der Waals surface area (Å²) in [6.07, 6.45) is 1.43. The maximum Gasteiger partial charge on any atom is 0.223 e. The molecule has 16 heavy (non-hydrogen) atoms. The number of anilines is 2. The Morgan fingerprint density at radius 1 is 1.44 bits per heavy atom. The molecular weight excluding hydrogens is 228 g/mol. The van der Waals surface area contributed by atoms with Crippen LogP contribution in [0.1, 0.15) is 19.8 Å². The van der Waals surface area contributed by atoms with Crippen LogP contribution in [0.4, 0.5) is 11.8 Å². The van der Waals surface area contributed by atoms with E-state index in [1.807, 2.05) is 6.92 Å². The summed E-state index contributed by atoms with van der Waals surface area (Å²) in [6.45, 7) is 3.35. The van der Waals surface area contributed by atoms with Crippen molar-refractivity contribution in [3.05, 3.63) is 11.2 Å². The van der Waals surface area contributed by atoms with E-state index in [0.29, 0.717) is 18.0 Å². The van der Waals surface area contributed by atoms with Crippen LogP contribution in [-0.4, -0.2) is 33.8 Å². The molecule has 6 heteroatoms. The maximum atomic E-state index is 9.84. The first kappa shape index (κ1) is 11.4. The van der Waals surface area contributed by atoms with E-state index in [2.05, 4.69) is 14.9 Å². The summed E-state index contributed by atoms with van der Waals surface area (Å²) in [5.41, 5.74) is 4.97. The smallest absolute Gasteiger partial charge is 0.223 e. The summed E-state index contributed by atoms with van der Waals surface area (Å²) in [7, 11) is 0. The van der Waals surface area contributed by atoms with Gasteiger partial charge in [-0.05, 0) is 19.8 Å². The van der Waals surface area contributed by atoms with Crippen molar-refractivity contribution < 1.29 is 5.11 Å². The molecular formula is C10H15ClN4O. The van der Waals surface area contributed by atoms with E-state index in [9.17, 15) is 5.11 Å². The molecule has 3 N–H and O–H groups in total. The van der Waals surface area contributed by atoms with Gasteiger partial charge in [-0.2, -0.15) is 4.98 Å². The second kappa shape index (κ2) is 4.07. The van der Waals surface area contributed by atoms with Gasteiger partial charge in [-0.15, -0.1) is 0 Å². The minimum atomic E-state index is -0.571. The predicted octanol–water partition coefficient (Wildman–Crippen LogP) is 1.06. The topological polar surface area (TPSA) is 75.3 Å². The van der Waals surface area contributed by atoms with Gasteiger partial charge in [-0.3, -0.25) is 0 Å². The Morgan fingerprint density at radius 2 is 2.06 bits per heavy atom. The average Bonchev–Trinajstić information content (AvgIpc) is 2.15. The lowest BCUT2D eigenvalue weighted by Gasteiger charge is -2.36. The highest BCUT2D eigenvalue weighted by atomic mass is 35.5. The Labute approximate surface area is 99.3 Å². The van der Waals surface area contributed by atoms with Gasteiger partial charge in [-0.1, -0.05) is 11.6 Å².